The molecule has 0 spiro atoms. The van der Waals surface area contributed by atoms with Crippen molar-refractivity contribution in [1.29, 1.82) is 0 Å². The zero-order valence-electron chi connectivity index (χ0n) is 13.9. The Balaban J connectivity index is 1.98. The fourth-order valence-electron chi connectivity index (χ4n) is 1.95. The van der Waals surface area contributed by atoms with Crippen molar-refractivity contribution < 1.29 is 4.92 Å². The maximum atomic E-state index is 10.7. The van der Waals surface area contributed by atoms with Gasteiger partial charge in [-0.25, -0.2) is 4.99 Å². The molecule has 0 aliphatic heterocycles. The number of thiophene rings is 1. The lowest BCUT2D eigenvalue weighted by Gasteiger charge is -2.13. The quantitative estimate of drug-likeness (QED) is 0.348. The predicted molar refractivity (Wildman–Crippen MR) is 98.2 cm³/mol. The fourth-order valence-corrected chi connectivity index (χ4v) is 2.60. The second-order valence-corrected chi connectivity index (χ2v) is 6.83. The number of hydrogen-bond acceptors (Lipinski definition) is 4. The molecule has 2 aromatic rings. The van der Waals surface area contributed by atoms with Gasteiger partial charge < -0.3 is 10.6 Å². The summed E-state index contributed by atoms with van der Waals surface area (Å²) in [4.78, 5) is 16.1. The molecular formula is C17H22N4O2S. The van der Waals surface area contributed by atoms with E-state index >= 15 is 0 Å². The molecule has 0 aliphatic carbocycles. The highest BCUT2D eigenvalue weighted by Crippen LogP contribution is 2.12. The van der Waals surface area contributed by atoms with Crippen LogP contribution in [0.3, 0.4) is 0 Å². The summed E-state index contributed by atoms with van der Waals surface area (Å²) < 4.78 is 0. The Hall–Kier alpha value is -2.41. The first kappa shape index (κ1) is 17.9. The molecule has 2 rings (SSSR count). The molecule has 1 aromatic carbocycles. The van der Waals surface area contributed by atoms with Crippen molar-refractivity contribution in [3.63, 3.8) is 0 Å². The molecule has 2 N–H and O–H groups in total. The Morgan fingerprint density at radius 2 is 2.00 bits per heavy atom. The van der Waals surface area contributed by atoms with E-state index in [-0.39, 0.29) is 5.69 Å². The number of guanidine groups is 1. The predicted octanol–water partition coefficient (Wildman–Crippen LogP) is 3.55. The average molecular weight is 346 g/mol. The standard InChI is InChI=1S/C17H22N4O2S/c1-13(2)10-18-17(20-12-16-4-3-9-24-16)19-11-14-5-7-15(8-6-14)21(22)23/h3-9,13H,10-12H2,1-2H3,(H2,18,19,20). The van der Waals surface area contributed by atoms with E-state index in [4.69, 9.17) is 0 Å². The largest absolute Gasteiger partial charge is 0.356 e. The van der Waals surface area contributed by atoms with Gasteiger partial charge >= 0.3 is 0 Å². The Kier molecular flexibility index (Phi) is 6.74. The number of rotatable bonds is 7. The highest BCUT2D eigenvalue weighted by atomic mass is 32.1. The van der Waals surface area contributed by atoms with Crippen molar-refractivity contribution >= 4 is 23.0 Å². The third-order valence-electron chi connectivity index (χ3n) is 3.25. The second-order valence-electron chi connectivity index (χ2n) is 5.80. The molecule has 1 aromatic heterocycles. The summed E-state index contributed by atoms with van der Waals surface area (Å²) in [6, 6.07) is 10.6. The zero-order valence-corrected chi connectivity index (χ0v) is 14.7. The molecule has 0 saturated carbocycles. The average Bonchev–Trinajstić information content (AvgIpc) is 3.07. The van der Waals surface area contributed by atoms with Crippen LogP contribution in [0.5, 0.6) is 0 Å². The van der Waals surface area contributed by atoms with Gasteiger partial charge in [-0.3, -0.25) is 10.1 Å². The van der Waals surface area contributed by atoms with Crippen LogP contribution in [0.1, 0.15) is 24.3 Å². The zero-order chi connectivity index (χ0) is 17.4. The molecular weight excluding hydrogens is 324 g/mol. The highest BCUT2D eigenvalue weighted by Gasteiger charge is 2.05. The summed E-state index contributed by atoms with van der Waals surface area (Å²) in [5, 5.41) is 19.4. The maximum absolute atomic E-state index is 10.7. The summed E-state index contributed by atoms with van der Waals surface area (Å²) in [5.41, 5.74) is 1.03. The molecule has 0 aliphatic rings. The third kappa shape index (κ3) is 6.00. The number of nitrogens with zero attached hydrogens (tertiary/aromatic N) is 2. The van der Waals surface area contributed by atoms with Crippen LogP contribution in [0.25, 0.3) is 0 Å². The van der Waals surface area contributed by atoms with Gasteiger partial charge in [0.05, 0.1) is 18.0 Å². The lowest BCUT2D eigenvalue weighted by Crippen LogP contribution is -2.38. The van der Waals surface area contributed by atoms with Gasteiger partial charge in [-0.05, 0) is 22.9 Å². The van der Waals surface area contributed by atoms with Crippen molar-refractivity contribution in [2.24, 2.45) is 10.9 Å². The first-order valence-corrected chi connectivity index (χ1v) is 8.70. The monoisotopic (exact) mass is 346 g/mol. The topological polar surface area (TPSA) is 79.6 Å². The van der Waals surface area contributed by atoms with E-state index in [2.05, 4.69) is 35.5 Å². The third-order valence-corrected chi connectivity index (χ3v) is 4.13. The Morgan fingerprint density at radius 1 is 1.25 bits per heavy atom. The summed E-state index contributed by atoms with van der Waals surface area (Å²) >= 11 is 1.70. The van der Waals surface area contributed by atoms with Gasteiger partial charge in [-0.1, -0.05) is 32.0 Å². The number of non-ortho nitro benzene ring substituents is 1. The molecule has 0 amide bonds. The SMILES string of the molecule is CC(C)CNC(=NCc1ccc([N+](=O)[O-])cc1)NCc1cccs1. The van der Waals surface area contributed by atoms with E-state index in [1.807, 2.05) is 11.4 Å². The molecule has 0 fully saturated rings. The molecule has 0 radical (unpaired) electrons. The molecule has 6 nitrogen and oxygen atoms in total. The minimum Gasteiger partial charge on any atom is -0.356 e. The smallest absolute Gasteiger partial charge is 0.269 e. The maximum Gasteiger partial charge on any atom is 0.269 e. The molecule has 7 heteroatoms. The van der Waals surface area contributed by atoms with Gasteiger partial charge in [-0.15, -0.1) is 11.3 Å². The minimum atomic E-state index is -0.398. The number of benzene rings is 1. The molecule has 0 atom stereocenters. The van der Waals surface area contributed by atoms with E-state index in [9.17, 15) is 10.1 Å². The Bertz CT molecular complexity index is 666. The molecule has 0 bridgehead atoms. The summed E-state index contributed by atoms with van der Waals surface area (Å²) in [5.74, 6) is 1.26. The summed E-state index contributed by atoms with van der Waals surface area (Å²) in [7, 11) is 0. The van der Waals surface area contributed by atoms with Crippen LogP contribution in [0.2, 0.25) is 0 Å². The van der Waals surface area contributed by atoms with Gasteiger partial charge in [0, 0.05) is 23.6 Å². The van der Waals surface area contributed by atoms with Crippen molar-refractivity contribution in [3.8, 4) is 0 Å². The lowest BCUT2D eigenvalue weighted by molar-refractivity contribution is -0.384. The van der Waals surface area contributed by atoms with Crippen molar-refractivity contribution in [1.82, 2.24) is 10.6 Å². The number of hydrogen-bond donors (Lipinski definition) is 2. The van der Waals surface area contributed by atoms with Crippen molar-refractivity contribution in [2.75, 3.05) is 6.54 Å². The van der Waals surface area contributed by atoms with Gasteiger partial charge in [0.1, 0.15) is 0 Å². The van der Waals surface area contributed by atoms with Gasteiger partial charge in [0.2, 0.25) is 0 Å². The van der Waals surface area contributed by atoms with Crippen LogP contribution in [-0.4, -0.2) is 17.4 Å². The molecule has 128 valence electrons. The van der Waals surface area contributed by atoms with E-state index < -0.39 is 4.92 Å². The van der Waals surface area contributed by atoms with Crippen LogP contribution in [0.4, 0.5) is 5.69 Å². The highest BCUT2D eigenvalue weighted by molar-refractivity contribution is 7.09. The van der Waals surface area contributed by atoms with E-state index in [0.717, 1.165) is 24.6 Å². The van der Waals surface area contributed by atoms with Crippen LogP contribution in [-0.2, 0) is 13.1 Å². The number of nitrogens with one attached hydrogen (secondary N) is 2. The van der Waals surface area contributed by atoms with Gasteiger partial charge in [0.15, 0.2) is 5.96 Å². The Morgan fingerprint density at radius 3 is 2.58 bits per heavy atom. The van der Waals surface area contributed by atoms with Crippen LogP contribution in [0.15, 0.2) is 46.8 Å². The van der Waals surface area contributed by atoms with Gasteiger partial charge in [-0.2, -0.15) is 0 Å². The van der Waals surface area contributed by atoms with Crippen LogP contribution < -0.4 is 10.6 Å². The number of aliphatic imine (C=N–C) groups is 1. The van der Waals surface area contributed by atoms with Crippen molar-refractivity contribution in [3.05, 3.63) is 62.3 Å². The van der Waals surface area contributed by atoms with E-state index in [1.54, 1.807) is 23.5 Å². The first-order valence-electron chi connectivity index (χ1n) is 7.82. The van der Waals surface area contributed by atoms with Gasteiger partial charge in [0.25, 0.3) is 5.69 Å². The lowest BCUT2D eigenvalue weighted by atomic mass is 10.2. The molecule has 24 heavy (non-hydrogen) atoms. The summed E-state index contributed by atoms with van der Waals surface area (Å²) in [6.45, 7) is 6.30. The molecule has 0 unspecified atom stereocenters. The molecule has 1 heterocycles. The number of nitro groups is 1. The summed E-state index contributed by atoms with van der Waals surface area (Å²) in [6.07, 6.45) is 0. The van der Waals surface area contributed by atoms with Crippen LogP contribution in [0, 0.1) is 16.0 Å². The van der Waals surface area contributed by atoms with E-state index in [1.165, 1.54) is 17.0 Å². The van der Waals surface area contributed by atoms with Crippen molar-refractivity contribution in [2.45, 2.75) is 26.9 Å². The van der Waals surface area contributed by atoms with Crippen LogP contribution >= 0.6 is 11.3 Å². The second kappa shape index (κ2) is 9.02. The first-order chi connectivity index (χ1) is 11.5. The normalized spacial score (nSPS) is 11.5. The van der Waals surface area contributed by atoms with E-state index in [0.29, 0.717) is 12.5 Å². The fraction of sp³-hybridized carbons (Fsp3) is 0.353. The molecule has 0 saturated heterocycles. The Labute approximate surface area is 145 Å². The number of nitro benzene ring substituents is 1. The minimum absolute atomic E-state index is 0.0942.